The number of hydrogen-bond donors (Lipinski definition) is 3. The smallest absolute Gasteiger partial charge is 0.261 e. The highest BCUT2D eigenvalue weighted by atomic mass is 32.1. The zero-order valence-corrected chi connectivity index (χ0v) is 12.2. The number of rotatable bonds is 3. The van der Waals surface area contributed by atoms with E-state index in [1.54, 1.807) is 12.4 Å². The van der Waals surface area contributed by atoms with E-state index in [0.29, 0.717) is 11.4 Å². The third kappa shape index (κ3) is 3.26. The molecular formula is C14H16N4OS. The average Bonchev–Trinajstić information content (AvgIpc) is 3.06. The molecular weight excluding hydrogens is 272 g/mol. The molecule has 1 atom stereocenters. The van der Waals surface area contributed by atoms with Crippen molar-refractivity contribution < 1.29 is 4.79 Å². The molecule has 1 unspecified atom stereocenters. The van der Waals surface area contributed by atoms with Gasteiger partial charge in [0.1, 0.15) is 5.82 Å². The topological polar surface area (TPSA) is 83.8 Å². The van der Waals surface area contributed by atoms with E-state index in [2.05, 4.69) is 27.1 Å². The van der Waals surface area contributed by atoms with Gasteiger partial charge in [-0.3, -0.25) is 4.79 Å². The summed E-state index contributed by atoms with van der Waals surface area (Å²) in [4.78, 5) is 20.8. The number of carbonyl (C=O) groups excluding carboxylic acids is 1. The number of thiophene rings is 1. The van der Waals surface area contributed by atoms with Gasteiger partial charge in [-0.25, -0.2) is 4.98 Å². The van der Waals surface area contributed by atoms with Gasteiger partial charge in [-0.05, 0) is 25.5 Å². The summed E-state index contributed by atoms with van der Waals surface area (Å²) in [6.45, 7) is 4.13. The zero-order valence-electron chi connectivity index (χ0n) is 11.4. The molecule has 6 heteroatoms. The van der Waals surface area contributed by atoms with Gasteiger partial charge in [-0.2, -0.15) is 0 Å². The quantitative estimate of drug-likeness (QED) is 0.750. The number of amides is 1. The molecule has 2 heterocycles. The van der Waals surface area contributed by atoms with Crippen molar-refractivity contribution in [2.75, 3.05) is 6.54 Å². The maximum Gasteiger partial charge on any atom is 0.261 e. The third-order valence-corrected chi connectivity index (χ3v) is 3.87. The Hall–Kier alpha value is -2.10. The van der Waals surface area contributed by atoms with Gasteiger partial charge in [0, 0.05) is 12.4 Å². The minimum absolute atomic E-state index is 0.122. The van der Waals surface area contributed by atoms with Crippen molar-refractivity contribution in [2.24, 2.45) is 5.73 Å². The van der Waals surface area contributed by atoms with E-state index in [-0.39, 0.29) is 11.9 Å². The number of aryl methyl sites for hydroxylation is 1. The first-order chi connectivity index (χ1) is 9.61. The molecule has 2 aromatic rings. The van der Waals surface area contributed by atoms with Crippen LogP contribution in [-0.2, 0) is 0 Å². The van der Waals surface area contributed by atoms with E-state index in [1.165, 1.54) is 11.3 Å². The van der Waals surface area contributed by atoms with Crippen LogP contribution < -0.4 is 11.1 Å². The number of nitrogens with zero attached hydrogens (tertiary/aromatic N) is 1. The molecule has 0 aliphatic rings. The predicted molar refractivity (Wildman–Crippen MR) is 79.5 cm³/mol. The molecule has 0 aromatic carbocycles. The highest BCUT2D eigenvalue weighted by molar-refractivity contribution is 7.14. The second kappa shape index (κ2) is 6.37. The summed E-state index contributed by atoms with van der Waals surface area (Å²) in [6.07, 6.45) is 3.39. The second-order valence-corrected chi connectivity index (χ2v) is 5.35. The van der Waals surface area contributed by atoms with Crippen LogP contribution in [0.3, 0.4) is 0 Å². The molecule has 0 aliphatic carbocycles. The lowest BCUT2D eigenvalue weighted by Gasteiger charge is -2.10. The van der Waals surface area contributed by atoms with Crippen molar-refractivity contribution in [1.82, 2.24) is 15.3 Å². The van der Waals surface area contributed by atoms with Crippen LogP contribution in [0.25, 0.3) is 0 Å². The summed E-state index contributed by atoms with van der Waals surface area (Å²) in [7, 11) is 0. The number of H-pyrrole nitrogens is 1. The maximum atomic E-state index is 12.2. The maximum absolute atomic E-state index is 12.2. The normalized spacial score (nSPS) is 11.6. The van der Waals surface area contributed by atoms with E-state index in [1.807, 2.05) is 19.9 Å². The van der Waals surface area contributed by atoms with Crippen molar-refractivity contribution in [2.45, 2.75) is 19.9 Å². The third-order valence-electron chi connectivity index (χ3n) is 2.72. The van der Waals surface area contributed by atoms with Crippen molar-refractivity contribution in [3.8, 4) is 11.8 Å². The van der Waals surface area contributed by atoms with Gasteiger partial charge in [-0.1, -0.05) is 11.8 Å². The highest BCUT2D eigenvalue weighted by Crippen LogP contribution is 2.21. The van der Waals surface area contributed by atoms with Gasteiger partial charge in [0.25, 0.3) is 5.91 Å². The van der Waals surface area contributed by atoms with Gasteiger partial charge in [0.2, 0.25) is 0 Å². The Balaban J connectivity index is 2.10. The van der Waals surface area contributed by atoms with Gasteiger partial charge < -0.3 is 16.0 Å². The molecule has 0 saturated heterocycles. The molecule has 0 fully saturated rings. The fraction of sp³-hybridized carbons (Fsp3) is 0.286. The van der Waals surface area contributed by atoms with Gasteiger partial charge >= 0.3 is 0 Å². The van der Waals surface area contributed by atoms with Crippen LogP contribution in [0, 0.1) is 18.8 Å². The fourth-order valence-corrected chi connectivity index (χ4v) is 2.65. The molecule has 5 nitrogen and oxygen atoms in total. The number of nitrogens with two attached hydrogens (primary N) is 1. The Morgan fingerprint density at radius 3 is 3.10 bits per heavy atom. The minimum Gasteiger partial charge on any atom is -0.347 e. The molecule has 0 radical (unpaired) electrons. The van der Waals surface area contributed by atoms with Crippen molar-refractivity contribution in [3.63, 3.8) is 0 Å². The van der Waals surface area contributed by atoms with E-state index < -0.39 is 0 Å². The molecule has 0 saturated carbocycles. The van der Waals surface area contributed by atoms with Crippen LogP contribution in [0.5, 0.6) is 0 Å². The molecule has 20 heavy (non-hydrogen) atoms. The minimum atomic E-state index is -0.168. The monoisotopic (exact) mass is 288 g/mol. The first kappa shape index (κ1) is 14.3. The number of aromatic nitrogens is 2. The summed E-state index contributed by atoms with van der Waals surface area (Å²) in [5, 5.41) is 2.90. The Kier molecular flexibility index (Phi) is 4.56. The number of hydrogen-bond acceptors (Lipinski definition) is 4. The lowest BCUT2D eigenvalue weighted by atomic mass is 10.2. The largest absolute Gasteiger partial charge is 0.347 e. The van der Waals surface area contributed by atoms with Crippen molar-refractivity contribution in [1.29, 1.82) is 0 Å². The van der Waals surface area contributed by atoms with E-state index in [0.717, 1.165) is 16.3 Å². The summed E-state index contributed by atoms with van der Waals surface area (Å²) >= 11 is 1.37. The van der Waals surface area contributed by atoms with Gasteiger partial charge in [0.05, 0.1) is 22.3 Å². The van der Waals surface area contributed by atoms with Crippen molar-refractivity contribution >= 4 is 17.2 Å². The zero-order chi connectivity index (χ0) is 14.5. The fourth-order valence-electron chi connectivity index (χ4n) is 1.70. The van der Waals surface area contributed by atoms with Crippen LogP contribution in [0.1, 0.15) is 38.9 Å². The van der Waals surface area contributed by atoms with Gasteiger partial charge in [-0.15, -0.1) is 11.3 Å². The number of carbonyl (C=O) groups is 1. The van der Waals surface area contributed by atoms with Crippen molar-refractivity contribution in [3.05, 3.63) is 39.6 Å². The lowest BCUT2D eigenvalue weighted by molar-refractivity contribution is 0.0942. The van der Waals surface area contributed by atoms with E-state index in [4.69, 9.17) is 5.73 Å². The van der Waals surface area contributed by atoms with E-state index in [9.17, 15) is 4.79 Å². The summed E-state index contributed by atoms with van der Waals surface area (Å²) in [6, 6.07) is 1.67. The summed E-state index contributed by atoms with van der Waals surface area (Å²) in [5.74, 6) is 6.38. The Morgan fingerprint density at radius 1 is 1.65 bits per heavy atom. The molecule has 2 aromatic heterocycles. The summed E-state index contributed by atoms with van der Waals surface area (Å²) < 4.78 is 0. The van der Waals surface area contributed by atoms with Crippen LogP contribution >= 0.6 is 11.3 Å². The summed E-state index contributed by atoms with van der Waals surface area (Å²) in [5.41, 5.74) is 6.35. The average molecular weight is 288 g/mol. The Labute approximate surface area is 121 Å². The number of nitrogens with one attached hydrogen (secondary N) is 2. The standard InChI is InChI=1S/C14H16N4OS/c1-9-8-12(20-11(9)4-3-5-15)14(19)18-10(2)13-16-6-7-17-13/h6-8,10H,5,15H2,1-2H3,(H,16,17)(H,18,19). The number of aromatic amines is 1. The first-order valence-corrected chi connectivity index (χ1v) is 7.03. The second-order valence-electron chi connectivity index (χ2n) is 4.30. The highest BCUT2D eigenvalue weighted by Gasteiger charge is 2.15. The van der Waals surface area contributed by atoms with Crippen LogP contribution in [0.4, 0.5) is 0 Å². The number of imidazole rings is 1. The Bertz CT molecular complexity index is 649. The predicted octanol–water partition coefficient (Wildman–Crippen LogP) is 1.58. The van der Waals surface area contributed by atoms with Crippen LogP contribution in [0.2, 0.25) is 0 Å². The van der Waals surface area contributed by atoms with Crippen LogP contribution in [0.15, 0.2) is 18.5 Å². The lowest BCUT2D eigenvalue weighted by Crippen LogP contribution is -2.26. The van der Waals surface area contributed by atoms with Gasteiger partial charge in [0.15, 0.2) is 0 Å². The first-order valence-electron chi connectivity index (χ1n) is 6.21. The van der Waals surface area contributed by atoms with Crippen LogP contribution in [-0.4, -0.2) is 22.4 Å². The molecule has 4 N–H and O–H groups in total. The molecule has 0 bridgehead atoms. The van der Waals surface area contributed by atoms with E-state index >= 15 is 0 Å². The molecule has 0 aliphatic heterocycles. The molecule has 0 spiro atoms. The molecule has 2 rings (SSSR count). The molecule has 104 valence electrons. The Morgan fingerprint density at radius 2 is 2.45 bits per heavy atom. The molecule has 1 amide bonds. The SMILES string of the molecule is Cc1cc(C(=O)NC(C)c2ncc[nH]2)sc1C#CCN.